The second-order valence-corrected chi connectivity index (χ2v) is 8.03. The van der Waals surface area contributed by atoms with Gasteiger partial charge in [0.05, 0.1) is 0 Å². The van der Waals surface area contributed by atoms with E-state index in [-0.39, 0.29) is 20.2 Å². The summed E-state index contributed by atoms with van der Waals surface area (Å²) in [6.45, 7) is 0. The van der Waals surface area contributed by atoms with Crippen LogP contribution in [0.3, 0.4) is 0 Å². The van der Waals surface area contributed by atoms with Gasteiger partial charge in [-0.3, -0.25) is 0 Å². The van der Waals surface area contributed by atoms with E-state index in [1.165, 1.54) is 0 Å². The van der Waals surface area contributed by atoms with Crippen LogP contribution in [0.2, 0.25) is 0 Å². The van der Waals surface area contributed by atoms with Gasteiger partial charge in [-0.25, -0.2) is 0 Å². The molecule has 0 saturated heterocycles. The first-order chi connectivity index (χ1) is 8.41. The van der Waals surface area contributed by atoms with Gasteiger partial charge in [-0.1, -0.05) is 45.2 Å². The minimum absolute atomic E-state index is 0.0742. The molecule has 0 aromatic rings. The molecule has 0 aromatic heterocycles. The molecule has 1 N–H and O–H groups in total. The van der Waals surface area contributed by atoms with Crippen LogP contribution in [-0.4, -0.2) is 30.9 Å². The summed E-state index contributed by atoms with van der Waals surface area (Å²) in [5.41, 5.74) is -4.58. The molecular formula is C10H10F6I2O. The average molecular weight is 514 g/mol. The molecule has 2 fully saturated rings. The maximum atomic E-state index is 12.8. The zero-order valence-electron chi connectivity index (χ0n) is 9.27. The van der Waals surface area contributed by atoms with E-state index < -0.39 is 29.8 Å². The summed E-state index contributed by atoms with van der Waals surface area (Å²) in [5, 5.41) is 9.45. The van der Waals surface area contributed by atoms with Gasteiger partial charge in [0, 0.05) is 13.8 Å². The maximum absolute atomic E-state index is 12.8. The Hall–Kier alpha value is 1.000. The molecule has 9 heteroatoms. The van der Waals surface area contributed by atoms with E-state index in [9.17, 15) is 31.4 Å². The average Bonchev–Trinajstić information content (AvgIpc) is 2.76. The highest BCUT2D eigenvalue weighted by Gasteiger charge is 2.77. The molecular weight excluding hydrogens is 504 g/mol. The molecule has 0 aromatic carbocycles. The van der Waals surface area contributed by atoms with Gasteiger partial charge in [-0.2, -0.15) is 26.3 Å². The van der Waals surface area contributed by atoms with Crippen LogP contribution < -0.4 is 0 Å². The second kappa shape index (κ2) is 4.75. The Morgan fingerprint density at radius 1 is 0.842 bits per heavy atom. The number of fused-ring (bicyclic) bond motifs is 2. The number of aliphatic hydroxyl groups is 1. The van der Waals surface area contributed by atoms with E-state index in [0.29, 0.717) is 6.42 Å². The first-order valence-electron chi connectivity index (χ1n) is 5.55. The summed E-state index contributed by atoms with van der Waals surface area (Å²) in [4.78, 5) is 0. The van der Waals surface area contributed by atoms with E-state index in [1.807, 2.05) is 22.6 Å². The van der Waals surface area contributed by atoms with Crippen LogP contribution >= 0.6 is 45.2 Å². The molecule has 2 aliphatic carbocycles. The van der Waals surface area contributed by atoms with Crippen LogP contribution in [0.4, 0.5) is 26.3 Å². The van der Waals surface area contributed by atoms with Crippen molar-refractivity contribution in [2.45, 2.75) is 38.6 Å². The maximum Gasteiger partial charge on any atom is 0.426 e. The van der Waals surface area contributed by atoms with Crippen molar-refractivity contribution in [1.29, 1.82) is 0 Å². The van der Waals surface area contributed by atoms with Crippen LogP contribution in [-0.2, 0) is 0 Å². The monoisotopic (exact) mass is 514 g/mol. The third-order valence-corrected chi connectivity index (χ3v) is 9.08. The van der Waals surface area contributed by atoms with Crippen molar-refractivity contribution in [3.63, 3.8) is 0 Å². The lowest BCUT2D eigenvalue weighted by Crippen LogP contribution is -2.63. The number of halogens is 8. The number of alkyl halides is 8. The fraction of sp³-hybridized carbons (Fsp3) is 1.00. The summed E-state index contributed by atoms with van der Waals surface area (Å²) >= 11 is 3.99. The fourth-order valence-corrected chi connectivity index (χ4v) is 5.78. The van der Waals surface area contributed by atoms with Gasteiger partial charge in [-0.05, 0) is 24.7 Å². The Bertz CT molecular complexity index is 352. The fourth-order valence-electron chi connectivity index (χ4n) is 3.28. The highest BCUT2D eigenvalue weighted by molar-refractivity contribution is 14.1. The molecule has 5 atom stereocenters. The Morgan fingerprint density at radius 2 is 1.32 bits per heavy atom. The Kier molecular flexibility index (Phi) is 4.09. The molecule has 2 saturated carbocycles. The Labute approximate surface area is 132 Å². The number of hydrogen-bond donors (Lipinski definition) is 1. The minimum atomic E-state index is -5.70. The van der Waals surface area contributed by atoms with E-state index in [2.05, 4.69) is 22.6 Å². The molecule has 1 nitrogen and oxygen atoms in total. The van der Waals surface area contributed by atoms with Crippen LogP contribution in [0.15, 0.2) is 0 Å². The summed E-state index contributed by atoms with van der Waals surface area (Å²) in [6, 6.07) is 0. The lowest BCUT2D eigenvalue weighted by atomic mass is 9.75. The number of rotatable bonds is 1. The van der Waals surface area contributed by atoms with Crippen LogP contribution in [0, 0.1) is 17.8 Å². The molecule has 2 aliphatic rings. The Balaban J connectivity index is 2.39. The van der Waals surface area contributed by atoms with Crippen molar-refractivity contribution in [3.8, 4) is 0 Å². The molecule has 0 radical (unpaired) electrons. The minimum Gasteiger partial charge on any atom is -0.373 e. The highest BCUT2D eigenvalue weighted by atomic mass is 127. The molecule has 0 heterocycles. The van der Waals surface area contributed by atoms with Crippen LogP contribution in [0.1, 0.15) is 12.8 Å². The molecule has 0 aliphatic heterocycles. The van der Waals surface area contributed by atoms with Gasteiger partial charge < -0.3 is 5.11 Å². The van der Waals surface area contributed by atoms with Crippen molar-refractivity contribution in [2.75, 3.05) is 0 Å². The molecule has 0 amide bonds. The normalized spacial score (nSPS) is 39.9. The van der Waals surface area contributed by atoms with Crippen LogP contribution in [0.25, 0.3) is 0 Å². The first kappa shape index (κ1) is 16.4. The molecule has 5 unspecified atom stereocenters. The van der Waals surface area contributed by atoms with Crippen LogP contribution in [0.5, 0.6) is 0 Å². The standard InChI is InChI=1S/C10H10F6I2O/c11-9(12,13)8(19,10(14,15)16)5-2-3-1-4(5)7(18)6(3)17/h3-7,19H,1-2H2. The molecule has 2 rings (SSSR count). The first-order valence-corrected chi connectivity index (χ1v) is 8.04. The molecule has 2 bridgehead atoms. The van der Waals surface area contributed by atoms with Gasteiger partial charge in [-0.15, -0.1) is 0 Å². The molecule has 0 spiro atoms. The van der Waals surface area contributed by atoms with Gasteiger partial charge in [0.1, 0.15) is 0 Å². The van der Waals surface area contributed by atoms with E-state index in [4.69, 9.17) is 0 Å². The zero-order chi connectivity index (χ0) is 14.8. The third-order valence-electron chi connectivity index (χ3n) is 4.21. The summed E-state index contributed by atoms with van der Waals surface area (Å²) in [7, 11) is 0. The second-order valence-electron chi connectivity index (χ2n) is 5.15. The van der Waals surface area contributed by atoms with Gasteiger partial charge >= 0.3 is 12.4 Å². The molecule has 19 heavy (non-hydrogen) atoms. The third kappa shape index (κ3) is 2.29. The Morgan fingerprint density at radius 3 is 1.63 bits per heavy atom. The van der Waals surface area contributed by atoms with Crippen molar-refractivity contribution >= 4 is 45.2 Å². The number of hydrogen-bond acceptors (Lipinski definition) is 1. The van der Waals surface area contributed by atoms with E-state index in [1.54, 1.807) is 0 Å². The predicted octanol–water partition coefficient (Wildman–Crippen LogP) is 4.11. The van der Waals surface area contributed by atoms with E-state index >= 15 is 0 Å². The van der Waals surface area contributed by atoms with E-state index in [0.717, 1.165) is 0 Å². The highest BCUT2D eigenvalue weighted by Crippen LogP contribution is 2.62. The predicted molar refractivity (Wildman–Crippen MR) is 72.4 cm³/mol. The van der Waals surface area contributed by atoms with Gasteiger partial charge in [0.25, 0.3) is 5.60 Å². The largest absolute Gasteiger partial charge is 0.426 e. The van der Waals surface area contributed by atoms with Crippen molar-refractivity contribution < 1.29 is 31.4 Å². The smallest absolute Gasteiger partial charge is 0.373 e. The summed E-state index contributed by atoms with van der Waals surface area (Å²) in [6.07, 6.45) is -11.3. The van der Waals surface area contributed by atoms with Crippen molar-refractivity contribution in [3.05, 3.63) is 0 Å². The lowest BCUT2D eigenvalue weighted by Gasteiger charge is -2.42. The summed E-state index contributed by atoms with van der Waals surface area (Å²) < 4.78 is 76.8. The quantitative estimate of drug-likeness (QED) is 0.318. The van der Waals surface area contributed by atoms with Gasteiger partial charge in [0.15, 0.2) is 0 Å². The van der Waals surface area contributed by atoms with Gasteiger partial charge in [0.2, 0.25) is 0 Å². The SMILES string of the molecule is OC(C1CC2CC1C(I)C2I)(C(F)(F)F)C(F)(F)F. The summed E-state index contributed by atoms with van der Waals surface area (Å²) in [5.74, 6) is -2.69. The zero-order valence-corrected chi connectivity index (χ0v) is 13.6. The lowest BCUT2D eigenvalue weighted by molar-refractivity contribution is -0.388. The topological polar surface area (TPSA) is 20.2 Å². The van der Waals surface area contributed by atoms with Crippen molar-refractivity contribution in [1.82, 2.24) is 0 Å². The molecule has 112 valence electrons. The van der Waals surface area contributed by atoms with Crippen molar-refractivity contribution in [2.24, 2.45) is 17.8 Å².